The van der Waals surface area contributed by atoms with Crippen LogP contribution in [-0.2, 0) is 10.0 Å². The summed E-state index contributed by atoms with van der Waals surface area (Å²) in [4.78, 5) is 0.281. The second-order valence-electron chi connectivity index (χ2n) is 5.04. The van der Waals surface area contributed by atoms with E-state index in [0.29, 0.717) is 18.2 Å². The number of nitrogens with one attached hydrogen (secondary N) is 1. The van der Waals surface area contributed by atoms with Gasteiger partial charge in [0.25, 0.3) is 0 Å². The van der Waals surface area contributed by atoms with Crippen molar-refractivity contribution in [1.29, 1.82) is 0 Å². The highest BCUT2D eigenvalue weighted by molar-refractivity contribution is 7.89. The molecule has 18 heavy (non-hydrogen) atoms. The summed E-state index contributed by atoms with van der Waals surface area (Å²) in [6.45, 7) is 8.23. The molecule has 0 atom stereocenters. The lowest BCUT2D eigenvalue weighted by Crippen LogP contribution is -2.26. The van der Waals surface area contributed by atoms with Gasteiger partial charge >= 0.3 is 0 Å². The number of sulfonamides is 1. The zero-order valence-corrected chi connectivity index (χ0v) is 12.3. The lowest BCUT2D eigenvalue weighted by atomic mass is 10.1. The molecule has 3 N–H and O–H groups in total. The van der Waals surface area contributed by atoms with Gasteiger partial charge in [0, 0.05) is 12.2 Å². The number of nitrogen functional groups attached to an aromatic ring is 1. The molecular formula is C13H22N2O2S. The van der Waals surface area contributed by atoms with Crippen LogP contribution >= 0.6 is 0 Å². The van der Waals surface area contributed by atoms with Crippen molar-refractivity contribution in [2.24, 2.45) is 5.92 Å². The van der Waals surface area contributed by atoms with Crippen LogP contribution in [0, 0.1) is 19.8 Å². The highest BCUT2D eigenvalue weighted by atomic mass is 32.2. The molecule has 0 saturated carbocycles. The van der Waals surface area contributed by atoms with Crippen LogP contribution in [0.15, 0.2) is 17.0 Å². The van der Waals surface area contributed by atoms with Crippen molar-refractivity contribution in [1.82, 2.24) is 4.72 Å². The van der Waals surface area contributed by atoms with Crippen LogP contribution in [-0.4, -0.2) is 15.0 Å². The van der Waals surface area contributed by atoms with Gasteiger partial charge in [0.05, 0.1) is 4.90 Å². The van der Waals surface area contributed by atoms with Gasteiger partial charge in [0.1, 0.15) is 0 Å². The highest BCUT2D eigenvalue weighted by Gasteiger charge is 2.18. The quantitative estimate of drug-likeness (QED) is 0.806. The minimum atomic E-state index is -3.46. The monoisotopic (exact) mass is 270 g/mol. The van der Waals surface area contributed by atoms with E-state index in [9.17, 15) is 8.42 Å². The predicted molar refractivity (Wildman–Crippen MR) is 75.0 cm³/mol. The van der Waals surface area contributed by atoms with Gasteiger partial charge < -0.3 is 5.73 Å². The molecule has 102 valence electrons. The summed E-state index contributed by atoms with van der Waals surface area (Å²) in [5, 5.41) is 0. The molecule has 0 heterocycles. The first-order valence-electron chi connectivity index (χ1n) is 6.10. The van der Waals surface area contributed by atoms with Gasteiger partial charge in [0.2, 0.25) is 10.0 Å². The summed E-state index contributed by atoms with van der Waals surface area (Å²) in [6.07, 6.45) is 0.819. The number of nitrogens with two attached hydrogens (primary N) is 1. The molecular weight excluding hydrogens is 248 g/mol. The summed E-state index contributed by atoms with van der Waals surface area (Å²) >= 11 is 0. The van der Waals surface area contributed by atoms with Gasteiger partial charge in [-0.2, -0.15) is 0 Å². The summed E-state index contributed by atoms with van der Waals surface area (Å²) in [6, 6.07) is 3.29. The summed E-state index contributed by atoms with van der Waals surface area (Å²) in [5.74, 6) is 0.469. The summed E-state index contributed by atoms with van der Waals surface area (Å²) in [7, 11) is -3.46. The Labute approximate surface area is 110 Å². The van der Waals surface area contributed by atoms with Gasteiger partial charge in [0.15, 0.2) is 0 Å². The summed E-state index contributed by atoms with van der Waals surface area (Å²) < 4.78 is 27.0. The fraction of sp³-hybridized carbons (Fsp3) is 0.538. The molecule has 1 aromatic carbocycles. The zero-order valence-electron chi connectivity index (χ0n) is 11.4. The second kappa shape index (κ2) is 5.71. The minimum absolute atomic E-state index is 0.281. The molecule has 0 spiro atoms. The van der Waals surface area contributed by atoms with Crippen molar-refractivity contribution in [3.63, 3.8) is 0 Å². The van der Waals surface area contributed by atoms with Gasteiger partial charge in [-0.3, -0.25) is 0 Å². The standard InChI is InChI=1S/C13H22N2O2S/c1-9(2)5-6-15-18(16,17)13-8-12(14)7-10(3)11(13)4/h7-9,15H,5-6,14H2,1-4H3. The summed E-state index contributed by atoms with van der Waals surface area (Å²) in [5.41, 5.74) is 7.82. The number of aryl methyl sites for hydroxylation is 1. The topological polar surface area (TPSA) is 72.2 Å². The molecule has 0 unspecified atom stereocenters. The molecule has 0 aliphatic heterocycles. The maximum absolute atomic E-state index is 12.2. The van der Waals surface area contributed by atoms with E-state index in [1.807, 2.05) is 6.92 Å². The molecule has 0 fully saturated rings. The van der Waals surface area contributed by atoms with Gasteiger partial charge in [-0.15, -0.1) is 0 Å². The van der Waals surface area contributed by atoms with Crippen molar-refractivity contribution in [2.45, 2.75) is 39.0 Å². The average molecular weight is 270 g/mol. The molecule has 1 aromatic rings. The molecule has 1 rings (SSSR count). The molecule has 0 bridgehead atoms. The molecule has 4 nitrogen and oxygen atoms in total. The predicted octanol–water partition coefficient (Wildman–Crippen LogP) is 2.21. The SMILES string of the molecule is Cc1cc(N)cc(S(=O)(=O)NCCC(C)C)c1C. The number of benzene rings is 1. The van der Waals surface area contributed by atoms with Gasteiger partial charge in [-0.25, -0.2) is 13.1 Å². The molecule has 0 aliphatic rings. The maximum Gasteiger partial charge on any atom is 0.240 e. The third-order valence-electron chi connectivity index (χ3n) is 2.95. The first-order chi connectivity index (χ1) is 8.24. The average Bonchev–Trinajstić information content (AvgIpc) is 2.22. The Hall–Kier alpha value is -1.07. The molecule has 5 heteroatoms. The molecule has 0 amide bonds. The number of hydrogen-bond acceptors (Lipinski definition) is 3. The van der Waals surface area contributed by atoms with Crippen molar-refractivity contribution < 1.29 is 8.42 Å². The van der Waals surface area contributed by atoms with Crippen LogP contribution in [0.1, 0.15) is 31.4 Å². The molecule has 0 aliphatic carbocycles. The Morgan fingerprint density at radius 2 is 1.89 bits per heavy atom. The maximum atomic E-state index is 12.2. The Morgan fingerprint density at radius 1 is 1.28 bits per heavy atom. The van der Waals surface area contributed by atoms with E-state index in [1.54, 1.807) is 13.0 Å². The Morgan fingerprint density at radius 3 is 2.44 bits per heavy atom. The van der Waals surface area contributed by atoms with Crippen LogP contribution in [0.25, 0.3) is 0 Å². The van der Waals surface area contributed by atoms with Crippen LogP contribution in [0.5, 0.6) is 0 Å². The highest BCUT2D eigenvalue weighted by Crippen LogP contribution is 2.22. The Bertz CT molecular complexity index is 522. The van der Waals surface area contributed by atoms with Crippen LogP contribution in [0.4, 0.5) is 5.69 Å². The molecule has 0 radical (unpaired) electrons. The van der Waals surface area contributed by atoms with Crippen LogP contribution in [0.2, 0.25) is 0 Å². The van der Waals surface area contributed by atoms with Crippen LogP contribution in [0.3, 0.4) is 0 Å². The van der Waals surface area contributed by atoms with Crippen molar-refractivity contribution in [3.8, 4) is 0 Å². The van der Waals surface area contributed by atoms with Crippen LogP contribution < -0.4 is 10.5 Å². The number of rotatable bonds is 5. The van der Waals surface area contributed by atoms with E-state index >= 15 is 0 Å². The van der Waals surface area contributed by atoms with Crippen molar-refractivity contribution in [3.05, 3.63) is 23.3 Å². The lowest BCUT2D eigenvalue weighted by molar-refractivity contribution is 0.551. The normalized spacial score (nSPS) is 12.1. The fourth-order valence-electron chi connectivity index (χ4n) is 1.69. The van der Waals surface area contributed by atoms with Gasteiger partial charge in [-0.05, 0) is 49.4 Å². The Balaban J connectivity index is 2.98. The third-order valence-corrected chi connectivity index (χ3v) is 4.53. The first-order valence-corrected chi connectivity index (χ1v) is 7.58. The van der Waals surface area contributed by atoms with E-state index in [1.165, 1.54) is 6.07 Å². The Kier molecular flexibility index (Phi) is 4.76. The molecule has 0 aromatic heterocycles. The smallest absolute Gasteiger partial charge is 0.240 e. The van der Waals surface area contributed by atoms with E-state index in [4.69, 9.17) is 5.73 Å². The largest absolute Gasteiger partial charge is 0.399 e. The van der Waals surface area contributed by atoms with Crippen molar-refractivity contribution in [2.75, 3.05) is 12.3 Å². The number of anilines is 1. The minimum Gasteiger partial charge on any atom is -0.399 e. The first kappa shape index (κ1) is 15.0. The van der Waals surface area contributed by atoms with E-state index in [-0.39, 0.29) is 4.90 Å². The van der Waals surface area contributed by atoms with E-state index in [0.717, 1.165) is 17.5 Å². The third kappa shape index (κ3) is 3.71. The van der Waals surface area contributed by atoms with E-state index in [2.05, 4.69) is 18.6 Å². The molecule has 0 saturated heterocycles. The van der Waals surface area contributed by atoms with E-state index < -0.39 is 10.0 Å². The lowest BCUT2D eigenvalue weighted by Gasteiger charge is -2.13. The van der Waals surface area contributed by atoms with Crippen molar-refractivity contribution >= 4 is 15.7 Å². The van der Waals surface area contributed by atoms with Gasteiger partial charge in [-0.1, -0.05) is 13.8 Å². The second-order valence-corrected chi connectivity index (χ2v) is 6.78. The zero-order chi connectivity index (χ0) is 13.9. The fourth-order valence-corrected chi connectivity index (χ4v) is 3.09. The number of hydrogen-bond donors (Lipinski definition) is 2.